The van der Waals surface area contributed by atoms with Crippen LogP contribution >= 0.6 is 11.8 Å². The first kappa shape index (κ1) is 13.4. The zero-order valence-electron chi connectivity index (χ0n) is 10.3. The Labute approximate surface area is 114 Å². The van der Waals surface area contributed by atoms with E-state index in [1.54, 1.807) is 24.3 Å². The van der Waals surface area contributed by atoms with E-state index in [0.717, 1.165) is 5.75 Å². The maximum absolute atomic E-state index is 11.7. The largest absolute Gasteiger partial charge is 0.495 e. The Kier molecular flexibility index (Phi) is 4.40. The van der Waals surface area contributed by atoms with Crippen molar-refractivity contribution >= 4 is 34.4 Å². The Balaban J connectivity index is 1.98. The minimum Gasteiger partial charge on any atom is -0.495 e. The lowest BCUT2D eigenvalue weighted by atomic mass is 10.3. The fraction of sp³-hybridized carbons (Fsp3) is 0.250. The molecule has 0 spiro atoms. The minimum absolute atomic E-state index is 0.450. The van der Waals surface area contributed by atoms with Crippen LogP contribution in [-0.2, 0) is 9.59 Å². The van der Waals surface area contributed by atoms with E-state index in [1.807, 2.05) is 0 Å². The van der Waals surface area contributed by atoms with Gasteiger partial charge in [0.2, 0.25) is 0 Å². The van der Waals surface area contributed by atoms with Gasteiger partial charge in [-0.15, -0.1) is 0 Å². The molecular formula is C12H13N3O3S. The molecule has 1 aliphatic rings. The number of anilines is 1. The molecule has 100 valence electrons. The molecule has 2 N–H and O–H groups in total. The first-order valence-corrected chi connectivity index (χ1v) is 6.62. The highest BCUT2D eigenvalue weighted by atomic mass is 32.2. The summed E-state index contributed by atoms with van der Waals surface area (Å²) in [6.45, 7) is 0.661. The third kappa shape index (κ3) is 3.47. The van der Waals surface area contributed by atoms with Crippen molar-refractivity contribution in [1.29, 1.82) is 0 Å². The number of nitrogens with zero attached hydrogens (tertiary/aromatic N) is 1. The van der Waals surface area contributed by atoms with Gasteiger partial charge in [0.05, 0.1) is 19.3 Å². The molecule has 0 atom stereocenters. The number of aliphatic imine (C=N–C) groups is 1. The molecule has 1 heterocycles. The van der Waals surface area contributed by atoms with Crippen molar-refractivity contribution in [2.24, 2.45) is 4.99 Å². The lowest BCUT2D eigenvalue weighted by molar-refractivity contribution is -0.135. The maximum Gasteiger partial charge on any atom is 0.315 e. The minimum atomic E-state index is -0.750. The number of methoxy groups -OCH3 is 1. The van der Waals surface area contributed by atoms with E-state index in [-0.39, 0.29) is 0 Å². The van der Waals surface area contributed by atoms with Crippen LogP contribution in [0.4, 0.5) is 5.69 Å². The van der Waals surface area contributed by atoms with Crippen LogP contribution in [0.2, 0.25) is 0 Å². The van der Waals surface area contributed by atoms with Crippen LogP contribution in [0.15, 0.2) is 29.3 Å². The van der Waals surface area contributed by atoms with Crippen LogP contribution in [-0.4, -0.2) is 36.4 Å². The van der Waals surface area contributed by atoms with E-state index in [9.17, 15) is 9.59 Å². The van der Waals surface area contributed by atoms with Crippen molar-refractivity contribution in [3.05, 3.63) is 24.3 Å². The Bertz CT molecular complexity index is 531. The molecule has 0 saturated carbocycles. The number of hydrogen-bond acceptors (Lipinski definition) is 5. The molecule has 0 saturated heterocycles. The second kappa shape index (κ2) is 6.24. The zero-order valence-corrected chi connectivity index (χ0v) is 11.1. The highest BCUT2D eigenvalue weighted by Gasteiger charge is 2.18. The number of benzene rings is 1. The second-order valence-electron chi connectivity index (χ2n) is 3.64. The average molecular weight is 279 g/mol. The molecular weight excluding hydrogens is 266 g/mol. The Morgan fingerprint density at radius 1 is 1.26 bits per heavy atom. The van der Waals surface area contributed by atoms with Gasteiger partial charge in [-0.1, -0.05) is 23.9 Å². The number of rotatable bonds is 2. The summed E-state index contributed by atoms with van der Waals surface area (Å²) in [7, 11) is 1.50. The number of amides is 2. The number of hydrogen-bond donors (Lipinski definition) is 2. The molecule has 1 aromatic carbocycles. The van der Waals surface area contributed by atoms with Crippen LogP contribution in [0.25, 0.3) is 0 Å². The smallest absolute Gasteiger partial charge is 0.315 e. The van der Waals surface area contributed by atoms with E-state index >= 15 is 0 Å². The predicted octanol–water partition coefficient (Wildman–Crippen LogP) is 0.853. The molecule has 2 amide bonds. The van der Waals surface area contributed by atoms with Crippen molar-refractivity contribution < 1.29 is 14.3 Å². The Morgan fingerprint density at radius 2 is 2.00 bits per heavy atom. The summed E-state index contributed by atoms with van der Waals surface area (Å²) >= 11 is 1.42. The summed E-state index contributed by atoms with van der Waals surface area (Å²) in [6, 6.07) is 6.88. The molecule has 1 aliphatic heterocycles. The molecule has 7 heteroatoms. The number of para-hydroxylation sites is 2. The van der Waals surface area contributed by atoms with Crippen molar-refractivity contribution in [2.45, 2.75) is 0 Å². The third-order valence-electron chi connectivity index (χ3n) is 2.37. The summed E-state index contributed by atoms with van der Waals surface area (Å²) in [6.07, 6.45) is 0. The number of amidine groups is 1. The van der Waals surface area contributed by atoms with E-state index in [4.69, 9.17) is 4.74 Å². The summed E-state index contributed by atoms with van der Waals surface area (Å²) in [5, 5.41) is 5.44. The predicted molar refractivity (Wildman–Crippen MR) is 74.5 cm³/mol. The molecule has 2 rings (SSSR count). The zero-order chi connectivity index (χ0) is 13.7. The fourth-order valence-corrected chi connectivity index (χ4v) is 2.22. The van der Waals surface area contributed by atoms with Crippen molar-refractivity contribution in [3.8, 4) is 5.75 Å². The van der Waals surface area contributed by atoms with Crippen molar-refractivity contribution in [1.82, 2.24) is 5.32 Å². The van der Waals surface area contributed by atoms with Crippen LogP contribution in [0.1, 0.15) is 0 Å². The maximum atomic E-state index is 11.7. The molecule has 1 aromatic rings. The van der Waals surface area contributed by atoms with E-state index in [2.05, 4.69) is 15.6 Å². The number of thioether (sulfide) groups is 1. The van der Waals surface area contributed by atoms with Gasteiger partial charge in [-0.2, -0.15) is 0 Å². The molecule has 0 radical (unpaired) electrons. The molecule has 0 aliphatic carbocycles. The molecule has 0 bridgehead atoms. The summed E-state index contributed by atoms with van der Waals surface area (Å²) < 4.78 is 5.09. The summed E-state index contributed by atoms with van der Waals surface area (Å²) in [5.41, 5.74) is 0.450. The van der Waals surface area contributed by atoms with E-state index in [1.165, 1.54) is 18.9 Å². The normalized spacial score (nSPS) is 13.6. The lowest BCUT2D eigenvalue weighted by Crippen LogP contribution is -2.37. The molecule has 19 heavy (non-hydrogen) atoms. The monoisotopic (exact) mass is 279 g/mol. The van der Waals surface area contributed by atoms with E-state index in [0.29, 0.717) is 23.1 Å². The van der Waals surface area contributed by atoms with E-state index < -0.39 is 11.8 Å². The molecule has 0 unspecified atom stereocenters. The molecule has 0 fully saturated rings. The second-order valence-corrected chi connectivity index (χ2v) is 4.73. The number of nitrogens with one attached hydrogen (secondary N) is 2. The van der Waals surface area contributed by atoms with Gasteiger partial charge in [-0.25, -0.2) is 0 Å². The first-order valence-electron chi connectivity index (χ1n) is 5.63. The Hall–Kier alpha value is -2.02. The van der Waals surface area contributed by atoms with Gasteiger partial charge in [0.15, 0.2) is 5.17 Å². The summed E-state index contributed by atoms with van der Waals surface area (Å²) in [4.78, 5) is 27.4. The van der Waals surface area contributed by atoms with Crippen molar-refractivity contribution in [2.75, 3.05) is 24.7 Å². The topological polar surface area (TPSA) is 79.8 Å². The van der Waals surface area contributed by atoms with Gasteiger partial charge in [0, 0.05) is 5.75 Å². The average Bonchev–Trinajstić information content (AvgIpc) is 2.92. The quantitative estimate of drug-likeness (QED) is 0.787. The van der Waals surface area contributed by atoms with Crippen molar-refractivity contribution in [3.63, 3.8) is 0 Å². The van der Waals surface area contributed by atoms with Gasteiger partial charge in [-0.05, 0) is 12.1 Å². The molecule has 6 nitrogen and oxygen atoms in total. The number of ether oxygens (including phenoxy) is 1. The van der Waals surface area contributed by atoms with Gasteiger partial charge in [0.1, 0.15) is 5.75 Å². The van der Waals surface area contributed by atoms with Gasteiger partial charge in [-0.3, -0.25) is 19.9 Å². The van der Waals surface area contributed by atoms with Crippen LogP contribution in [0.5, 0.6) is 5.75 Å². The fourth-order valence-electron chi connectivity index (χ4n) is 1.49. The highest BCUT2D eigenvalue weighted by Crippen LogP contribution is 2.22. The number of carbonyl (C=O) groups is 2. The van der Waals surface area contributed by atoms with Crippen LogP contribution in [0.3, 0.4) is 0 Å². The SMILES string of the molecule is COc1ccccc1NC(=O)C(=O)NC1=NCCS1. The molecule has 0 aromatic heterocycles. The Morgan fingerprint density at radius 3 is 2.68 bits per heavy atom. The van der Waals surface area contributed by atoms with Gasteiger partial charge < -0.3 is 10.1 Å². The highest BCUT2D eigenvalue weighted by molar-refractivity contribution is 8.14. The van der Waals surface area contributed by atoms with Crippen LogP contribution in [0, 0.1) is 0 Å². The van der Waals surface area contributed by atoms with Gasteiger partial charge >= 0.3 is 11.8 Å². The number of carbonyl (C=O) groups excluding carboxylic acids is 2. The lowest BCUT2D eigenvalue weighted by Gasteiger charge is -2.09. The van der Waals surface area contributed by atoms with Crippen LogP contribution < -0.4 is 15.4 Å². The standard InChI is InChI=1S/C12H13N3O3S/c1-18-9-5-3-2-4-8(9)14-10(16)11(17)15-12-13-6-7-19-12/h2-5H,6-7H2,1H3,(H,14,16)(H,13,15,17). The first-order chi connectivity index (χ1) is 9.20. The van der Waals surface area contributed by atoms with Gasteiger partial charge in [0.25, 0.3) is 0 Å². The third-order valence-corrected chi connectivity index (χ3v) is 3.26. The summed E-state index contributed by atoms with van der Waals surface area (Å²) in [5.74, 6) is -0.168.